The Morgan fingerprint density at radius 1 is 1.22 bits per heavy atom. The zero-order chi connectivity index (χ0) is 13.1. The molecule has 6 heteroatoms. The van der Waals surface area contributed by atoms with Crippen LogP contribution in [0.15, 0.2) is 23.9 Å². The van der Waals surface area contributed by atoms with E-state index < -0.39 is 0 Å². The second-order valence-electron chi connectivity index (χ2n) is 3.57. The second kappa shape index (κ2) is 5.05. The van der Waals surface area contributed by atoms with Gasteiger partial charge in [0.05, 0.1) is 14.2 Å². The third kappa shape index (κ3) is 2.43. The first-order valence-electron chi connectivity index (χ1n) is 5.20. The molecule has 1 aromatic carbocycles. The van der Waals surface area contributed by atoms with Crippen molar-refractivity contribution in [1.29, 1.82) is 0 Å². The molecule has 1 aliphatic rings. The van der Waals surface area contributed by atoms with E-state index in [1.165, 1.54) is 0 Å². The van der Waals surface area contributed by atoms with Crippen molar-refractivity contribution in [2.75, 3.05) is 14.2 Å². The van der Waals surface area contributed by atoms with E-state index in [0.29, 0.717) is 22.3 Å². The van der Waals surface area contributed by atoms with E-state index in [4.69, 9.17) is 21.7 Å². The molecule has 0 aromatic heterocycles. The van der Waals surface area contributed by atoms with Crippen LogP contribution in [-0.2, 0) is 4.79 Å². The number of hydrogen-bond donors (Lipinski definition) is 2. The molecule has 0 unspecified atom stereocenters. The Labute approximate surface area is 110 Å². The molecule has 1 heterocycles. The van der Waals surface area contributed by atoms with Crippen molar-refractivity contribution in [1.82, 2.24) is 10.6 Å². The summed E-state index contributed by atoms with van der Waals surface area (Å²) in [5.41, 5.74) is 1.12. The highest BCUT2D eigenvalue weighted by molar-refractivity contribution is 7.80. The van der Waals surface area contributed by atoms with Crippen molar-refractivity contribution in [3.63, 3.8) is 0 Å². The number of carbonyl (C=O) groups is 1. The third-order valence-electron chi connectivity index (χ3n) is 2.46. The molecule has 18 heavy (non-hydrogen) atoms. The summed E-state index contributed by atoms with van der Waals surface area (Å²) in [5.74, 6) is 1.07. The molecule has 1 fully saturated rings. The predicted octanol–water partition coefficient (Wildman–Crippen LogP) is 1.05. The van der Waals surface area contributed by atoms with Crippen LogP contribution in [0.4, 0.5) is 0 Å². The van der Waals surface area contributed by atoms with E-state index in [1.807, 2.05) is 0 Å². The van der Waals surface area contributed by atoms with Crippen molar-refractivity contribution in [3.8, 4) is 11.5 Å². The zero-order valence-corrected chi connectivity index (χ0v) is 10.8. The number of rotatable bonds is 3. The quantitative estimate of drug-likeness (QED) is 0.631. The minimum atomic E-state index is -0.259. The number of benzene rings is 1. The van der Waals surface area contributed by atoms with E-state index in [-0.39, 0.29) is 5.91 Å². The summed E-state index contributed by atoms with van der Waals surface area (Å²) in [4.78, 5) is 11.5. The molecule has 1 aliphatic heterocycles. The first-order chi connectivity index (χ1) is 8.63. The van der Waals surface area contributed by atoms with Crippen molar-refractivity contribution in [3.05, 3.63) is 29.5 Å². The van der Waals surface area contributed by atoms with Gasteiger partial charge in [-0.1, -0.05) is 0 Å². The normalized spacial score (nSPS) is 16.4. The van der Waals surface area contributed by atoms with E-state index in [9.17, 15) is 4.79 Å². The Bertz CT molecular complexity index is 540. The van der Waals surface area contributed by atoms with E-state index >= 15 is 0 Å². The molecule has 0 aliphatic carbocycles. The Hall–Kier alpha value is -2.08. The number of nitrogens with one attached hydrogen (secondary N) is 2. The molecule has 5 nitrogen and oxygen atoms in total. The highest BCUT2D eigenvalue weighted by atomic mass is 32.1. The van der Waals surface area contributed by atoms with E-state index in [0.717, 1.165) is 5.56 Å². The van der Waals surface area contributed by atoms with E-state index in [1.54, 1.807) is 38.5 Å². The van der Waals surface area contributed by atoms with Crippen LogP contribution in [0.2, 0.25) is 0 Å². The Balaban J connectivity index is 2.40. The molecule has 1 saturated heterocycles. The molecule has 0 saturated carbocycles. The van der Waals surface area contributed by atoms with Gasteiger partial charge < -0.3 is 14.8 Å². The minimum absolute atomic E-state index is 0.259. The predicted molar refractivity (Wildman–Crippen MR) is 71.4 cm³/mol. The molecule has 94 valence electrons. The van der Waals surface area contributed by atoms with E-state index in [2.05, 4.69) is 10.6 Å². The van der Waals surface area contributed by atoms with Gasteiger partial charge in [0.2, 0.25) is 0 Å². The average Bonchev–Trinajstić information content (AvgIpc) is 2.67. The van der Waals surface area contributed by atoms with Gasteiger partial charge in [-0.2, -0.15) is 0 Å². The van der Waals surface area contributed by atoms with Crippen molar-refractivity contribution in [2.24, 2.45) is 0 Å². The summed E-state index contributed by atoms with van der Waals surface area (Å²) in [6.07, 6.45) is 1.66. The maximum atomic E-state index is 11.5. The summed E-state index contributed by atoms with van der Waals surface area (Å²) in [5, 5.41) is 5.57. The maximum Gasteiger partial charge on any atom is 0.273 e. The molecule has 2 N–H and O–H groups in total. The van der Waals surface area contributed by atoms with Gasteiger partial charge in [0.15, 0.2) is 5.11 Å². The smallest absolute Gasteiger partial charge is 0.273 e. The largest absolute Gasteiger partial charge is 0.497 e. The summed E-state index contributed by atoms with van der Waals surface area (Å²) in [6, 6.07) is 5.34. The van der Waals surface area contributed by atoms with Crippen LogP contribution in [-0.4, -0.2) is 25.2 Å². The fourth-order valence-electron chi connectivity index (χ4n) is 1.59. The molecule has 1 aromatic rings. The highest BCUT2D eigenvalue weighted by Crippen LogP contribution is 2.26. The Morgan fingerprint density at radius 3 is 2.56 bits per heavy atom. The Morgan fingerprint density at radius 2 is 2.00 bits per heavy atom. The lowest BCUT2D eigenvalue weighted by atomic mass is 10.1. The molecule has 2 rings (SSSR count). The maximum absolute atomic E-state index is 11.5. The minimum Gasteiger partial charge on any atom is -0.497 e. The van der Waals surface area contributed by atoms with Gasteiger partial charge in [-0.05, 0) is 36.5 Å². The van der Waals surface area contributed by atoms with Gasteiger partial charge in [0.1, 0.15) is 17.2 Å². The zero-order valence-electron chi connectivity index (χ0n) is 9.94. The number of thiocarbonyl (C=S) groups is 1. The van der Waals surface area contributed by atoms with Crippen molar-refractivity contribution >= 4 is 29.3 Å². The summed E-state index contributed by atoms with van der Waals surface area (Å²) >= 11 is 4.86. The molecule has 1 amide bonds. The van der Waals surface area contributed by atoms with Crippen LogP contribution in [0.1, 0.15) is 5.56 Å². The standard InChI is InChI=1S/C12H12N2O3S/c1-16-8-3-4-10(17-2)7(5-8)6-9-11(15)14-12(18)13-9/h3-6H,1-2H3,(H2,13,14,15,18)/b9-6+. The fourth-order valence-corrected chi connectivity index (χ4v) is 1.79. The first kappa shape index (κ1) is 12.4. The SMILES string of the molecule is COc1ccc(OC)c(/C=C2/NC(=S)NC2=O)c1. The van der Waals surface area contributed by atoms with Crippen LogP contribution in [0, 0.1) is 0 Å². The topological polar surface area (TPSA) is 59.6 Å². The van der Waals surface area contributed by atoms with Crippen LogP contribution in [0.5, 0.6) is 11.5 Å². The number of methoxy groups -OCH3 is 2. The number of amides is 1. The molecule has 0 radical (unpaired) electrons. The van der Waals surface area contributed by atoms with Gasteiger partial charge in [0, 0.05) is 5.56 Å². The molecular weight excluding hydrogens is 252 g/mol. The molecule has 0 atom stereocenters. The lowest BCUT2D eigenvalue weighted by Crippen LogP contribution is -2.21. The van der Waals surface area contributed by atoms with Crippen molar-refractivity contribution in [2.45, 2.75) is 0 Å². The summed E-state index contributed by atoms with van der Waals surface area (Å²) in [7, 11) is 3.14. The second-order valence-corrected chi connectivity index (χ2v) is 3.98. The van der Waals surface area contributed by atoms with Crippen molar-refractivity contribution < 1.29 is 14.3 Å². The molecule has 0 spiro atoms. The van der Waals surface area contributed by atoms with Gasteiger partial charge in [-0.25, -0.2) is 0 Å². The third-order valence-corrected chi connectivity index (χ3v) is 2.66. The average molecular weight is 264 g/mol. The molecule has 0 bridgehead atoms. The number of hydrogen-bond acceptors (Lipinski definition) is 4. The Kier molecular flexibility index (Phi) is 3.47. The van der Waals surface area contributed by atoms with Gasteiger partial charge in [0.25, 0.3) is 5.91 Å². The van der Waals surface area contributed by atoms with Gasteiger partial charge >= 0.3 is 0 Å². The van der Waals surface area contributed by atoms with Crippen LogP contribution < -0.4 is 20.1 Å². The molecular formula is C12H12N2O3S. The lowest BCUT2D eigenvalue weighted by Gasteiger charge is -2.07. The number of carbonyl (C=O) groups excluding carboxylic acids is 1. The monoisotopic (exact) mass is 264 g/mol. The lowest BCUT2D eigenvalue weighted by molar-refractivity contribution is -0.115. The first-order valence-corrected chi connectivity index (χ1v) is 5.61. The highest BCUT2D eigenvalue weighted by Gasteiger charge is 2.20. The van der Waals surface area contributed by atoms with Crippen LogP contribution in [0.3, 0.4) is 0 Å². The van der Waals surface area contributed by atoms with Crippen LogP contribution in [0.25, 0.3) is 6.08 Å². The van der Waals surface area contributed by atoms with Gasteiger partial charge in [-0.15, -0.1) is 0 Å². The summed E-state index contributed by atoms with van der Waals surface area (Å²) in [6.45, 7) is 0. The fraction of sp³-hybridized carbons (Fsp3) is 0.167. The van der Waals surface area contributed by atoms with Gasteiger partial charge in [-0.3, -0.25) is 10.1 Å². The number of ether oxygens (including phenoxy) is 2. The van der Waals surface area contributed by atoms with Crippen LogP contribution >= 0.6 is 12.2 Å². The summed E-state index contributed by atoms with van der Waals surface area (Å²) < 4.78 is 10.4.